The number of hydrogen-bond donors (Lipinski definition) is 0. The molecule has 116 valence electrons. The van der Waals surface area contributed by atoms with Crippen LogP contribution in [0.4, 0.5) is 14.5 Å². The van der Waals surface area contributed by atoms with Gasteiger partial charge in [0.1, 0.15) is 5.69 Å². The molecule has 0 aromatic heterocycles. The van der Waals surface area contributed by atoms with Crippen LogP contribution in [-0.4, -0.2) is 16.2 Å². The third-order valence-electron chi connectivity index (χ3n) is 4.74. The second-order valence-electron chi connectivity index (χ2n) is 6.28. The zero-order valence-corrected chi connectivity index (χ0v) is 14.3. The molecule has 1 aliphatic carbocycles. The summed E-state index contributed by atoms with van der Waals surface area (Å²) in [5.41, 5.74) is -0.243. The molecule has 0 N–H and O–H groups in total. The average molecular weight is 309 g/mol. The van der Waals surface area contributed by atoms with Crippen LogP contribution in [-0.2, 0) is 0 Å². The molecule has 4 heteroatoms. The Balaban J connectivity index is 1.85. The van der Waals surface area contributed by atoms with Gasteiger partial charge in [0.25, 0.3) is 0 Å². The first-order chi connectivity index (χ1) is 10.1. The molecule has 1 fully saturated rings. The van der Waals surface area contributed by atoms with E-state index in [4.69, 9.17) is 0 Å². The zero-order valence-electron chi connectivity index (χ0n) is 12.9. The maximum Gasteiger partial charge on any atom is 0.151 e. The molecule has 2 rings (SSSR count). The molecule has 0 heterocycles. The molecular weight excluding hydrogens is 284 g/mol. The maximum absolute atomic E-state index is 13.7. The van der Waals surface area contributed by atoms with E-state index in [0.29, 0.717) is 0 Å². The highest BCUT2D eigenvalue weighted by Crippen LogP contribution is 2.33. The van der Waals surface area contributed by atoms with Crippen molar-refractivity contribution in [3.05, 3.63) is 23.8 Å². The van der Waals surface area contributed by atoms with Gasteiger partial charge in [0.05, 0.1) is 9.52 Å². The van der Waals surface area contributed by atoms with Gasteiger partial charge in [-0.3, -0.25) is 4.99 Å². The van der Waals surface area contributed by atoms with Crippen LogP contribution < -0.4 is 5.19 Å². The molecule has 1 aromatic rings. The van der Waals surface area contributed by atoms with Gasteiger partial charge in [0.15, 0.2) is 11.6 Å². The zero-order chi connectivity index (χ0) is 15.2. The lowest BCUT2D eigenvalue weighted by molar-refractivity contribution is 0.276. The predicted octanol–water partition coefficient (Wildman–Crippen LogP) is 4.12. The van der Waals surface area contributed by atoms with E-state index in [2.05, 4.69) is 18.6 Å². The van der Waals surface area contributed by atoms with Crippen molar-refractivity contribution < 1.29 is 8.78 Å². The molecule has 0 aliphatic heterocycles. The Morgan fingerprint density at radius 3 is 2.24 bits per heavy atom. The summed E-state index contributed by atoms with van der Waals surface area (Å²) >= 11 is 0. The van der Waals surface area contributed by atoms with Gasteiger partial charge in [-0.2, -0.15) is 0 Å². The van der Waals surface area contributed by atoms with Crippen molar-refractivity contribution in [1.29, 1.82) is 0 Å². The molecule has 0 radical (unpaired) electrons. The average Bonchev–Trinajstić information content (AvgIpc) is 2.47. The van der Waals surface area contributed by atoms with E-state index in [0.717, 1.165) is 17.0 Å². The highest BCUT2D eigenvalue weighted by Gasteiger charge is 2.20. The summed E-state index contributed by atoms with van der Waals surface area (Å²) in [6.07, 6.45) is 7.93. The summed E-state index contributed by atoms with van der Waals surface area (Å²) in [4.78, 5) is 3.40. The van der Waals surface area contributed by atoms with Crippen LogP contribution in [0.25, 0.3) is 0 Å². The Kier molecular flexibility index (Phi) is 6.09. The van der Waals surface area contributed by atoms with Gasteiger partial charge in [-0.15, -0.1) is 0 Å². The second kappa shape index (κ2) is 7.83. The smallest absolute Gasteiger partial charge is 0.151 e. The molecule has 0 atom stereocenters. The van der Waals surface area contributed by atoms with Gasteiger partial charge in [-0.1, -0.05) is 56.7 Å². The first-order valence-electron chi connectivity index (χ1n) is 8.08. The molecule has 0 bridgehead atoms. The van der Waals surface area contributed by atoms with Crippen molar-refractivity contribution in [2.24, 2.45) is 16.8 Å². The molecule has 1 nitrogen and oxygen atoms in total. The first-order valence-corrected chi connectivity index (χ1v) is 9.79. The first kappa shape index (κ1) is 16.3. The number of nitrogens with zero attached hydrogens (tertiary/aromatic N) is 1. The number of aliphatic imine (C=N–C) groups is 1. The highest BCUT2D eigenvalue weighted by molar-refractivity contribution is 6.53. The van der Waals surface area contributed by atoms with Crippen LogP contribution in [0.15, 0.2) is 17.1 Å². The molecule has 1 aromatic carbocycles. The molecule has 0 amide bonds. The van der Waals surface area contributed by atoms with Crippen molar-refractivity contribution in [1.82, 2.24) is 0 Å². The second-order valence-corrected chi connectivity index (χ2v) is 8.17. The van der Waals surface area contributed by atoms with Crippen LogP contribution in [0.5, 0.6) is 0 Å². The third-order valence-corrected chi connectivity index (χ3v) is 6.83. The summed E-state index contributed by atoms with van der Waals surface area (Å²) in [5, 5.41) is 0.869. The fraction of sp³-hybridized carbons (Fsp3) is 0.588. The Bertz CT molecular complexity index is 459. The van der Waals surface area contributed by atoms with Crippen molar-refractivity contribution in [2.45, 2.75) is 51.5 Å². The summed E-state index contributed by atoms with van der Waals surface area (Å²) in [7, 11) is -0.593. The third kappa shape index (κ3) is 4.47. The van der Waals surface area contributed by atoms with Gasteiger partial charge >= 0.3 is 0 Å². The number of rotatable bonds is 6. The predicted molar refractivity (Wildman–Crippen MR) is 88.9 cm³/mol. The largest absolute Gasteiger partial charge is 0.258 e. The lowest BCUT2D eigenvalue weighted by Gasteiger charge is -2.28. The number of hydrogen-bond acceptors (Lipinski definition) is 1. The van der Waals surface area contributed by atoms with Crippen molar-refractivity contribution in [3.63, 3.8) is 0 Å². The van der Waals surface area contributed by atoms with E-state index in [1.165, 1.54) is 56.7 Å². The van der Waals surface area contributed by atoms with Gasteiger partial charge in [-0.05, 0) is 30.7 Å². The molecule has 21 heavy (non-hydrogen) atoms. The molecule has 1 saturated carbocycles. The van der Waals surface area contributed by atoms with E-state index >= 15 is 0 Å². The van der Waals surface area contributed by atoms with Crippen molar-refractivity contribution in [3.8, 4) is 0 Å². The summed E-state index contributed by atoms with van der Waals surface area (Å²) in [6, 6.07) is 4.09. The highest BCUT2D eigenvalue weighted by atomic mass is 28.2. The monoisotopic (exact) mass is 309 g/mol. The van der Waals surface area contributed by atoms with E-state index in [9.17, 15) is 8.78 Å². The van der Waals surface area contributed by atoms with Crippen molar-refractivity contribution >= 4 is 27.1 Å². The fourth-order valence-electron chi connectivity index (χ4n) is 3.50. The van der Waals surface area contributed by atoms with Crippen LogP contribution >= 0.6 is 0 Å². The van der Waals surface area contributed by atoms with Gasteiger partial charge in [0, 0.05) is 0 Å². The fourth-order valence-corrected chi connectivity index (χ4v) is 5.47. The van der Waals surface area contributed by atoms with Crippen molar-refractivity contribution in [2.75, 3.05) is 0 Å². The van der Waals surface area contributed by atoms with Crippen LogP contribution in [0.3, 0.4) is 0 Å². The van der Waals surface area contributed by atoms with Crippen LogP contribution in [0, 0.1) is 23.5 Å². The van der Waals surface area contributed by atoms with Gasteiger partial charge in [-0.25, -0.2) is 8.78 Å². The molecule has 0 spiro atoms. The molecule has 1 aliphatic rings. The van der Waals surface area contributed by atoms with Crippen LogP contribution in [0.1, 0.15) is 45.4 Å². The maximum atomic E-state index is 13.7. The molecule has 0 saturated heterocycles. The summed E-state index contributed by atoms with van der Waals surface area (Å²) in [5.74, 6) is 0.548. The SMILES string of the molecule is C=Nc1c(F)cc([SiH2]CC2CCC(CCC)CC2)cc1F. The minimum absolute atomic E-state index is 0.243. The van der Waals surface area contributed by atoms with E-state index < -0.39 is 21.2 Å². The number of benzene rings is 1. The Hall–Kier alpha value is -1.03. The van der Waals surface area contributed by atoms with E-state index in [1.807, 2.05) is 0 Å². The van der Waals surface area contributed by atoms with Gasteiger partial charge < -0.3 is 0 Å². The summed E-state index contributed by atoms with van der Waals surface area (Å²) < 4.78 is 27.3. The topological polar surface area (TPSA) is 12.4 Å². The lowest BCUT2D eigenvalue weighted by Crippen LogP contribution is -2.21. The summed E-state index contributed by atoms with van der Waals surface area (Å²) in [6.45, 7) is 5.46. The standard InChI is InChI=1S/C17H25F2NSi/c1-3-4-12-5-7-13(8-6-12)11-21-14-9-15(18)17(20-2)16(19)10-14/h9-10,12-13H,2-8,11,21H2,1H3. The lowest BCUT2D eigenvalue weighted by atomic mass is 9.81. The normalized spacial score (nSPS) is 22.8. The Morgan fingerprint density at radius 2 is 1.71 bits per heavy atom. The van der Waals surface area contributed by atoms with Crippen LogP contribution in [0.2, 0.25) is 6.04 Å². The minimum Gasteiger partial charge on any atom is -0.258 e. The molecule has 0 unspecified atom stereocenters. The van der Waals surface area contributed by atoms with E-state index in [-0.39, 0.29) is 5.69 Å². The Labute approximate surface area is 128 Å². The minimum atomic E-state index is -0.593. The Morgan fingerprint density at radius 1 is 1.14 bits per heavy atom. The van der Waals surface area contributed by atoms with Gasteiger partial charge in [0.2, 0.25) is 0 Å². The quantitative estimate of drug-likeness (QED) is 0.554. The molecular formula is C17H25F2NSi. The number of halogens is 2. The van der Waals surface area contributed by atoms with E-state index in [1.54, 1.807) is 0 Å².